The number of unbranched alkanes of at least 4 members (excludes halogenated alkanes) is 6. The van der Waals surface area contributed by atoms with Gasteiger partial charge in [-0.1, -0.05) is 56.4 Å². The van der Waals surface area contributed by atoms with E-state index in [9.17, 15) is 0 Å². The monoisotopic (exact) mass is 418 g/mol. The van der Waals surface area contributed by atoms with Crippen LogP contribution in [-0.2, 0) is 12.8 Å². The fraction of sp³-hybridized carbons (Fsp3) is 0.481. The molecule has 0 bridgehead atoms. The summed E-state index contributed by atoms with van der Waals surface area (Å²) in [5.74, 6) is 1.83. The van der Waals surface area contributed by atoms with Crippen LogP contribution in [0.2, 0.25) is 0 Å². The van der Waals surface area contributed by atoms with Gasteiger partial charge in [0.15, 0.2) is 0 Å². The highest BCUT2D eigenvalue weighted by Crippen LogP contribution is 2.16. The van der Waals surface area contributed by atoms with E-state index in [0.717, 1.165) is 50.4 Å². The molecule has 2 aromatic carbocycles. The standard InChI is InChI=1S/C27H34N2O2/c28-20-8-10-24-12-16-26(17-13-24)30-22-6-4-2-1-3-5-7-23-31-27-18-14-25(15-19-27)11-9-21-29/h12-19H,1-11,22-23H2. The predicted octanol–water partition coefficient (Wildman–Crippen LogP) is 6.79. The Balaban J connectivity index is 1.40. The van der Waals surface area contributed by atoms with Crippen molar-refractivity contribution in [2.45, 2.75) is 70.6 Å². The molecule has 4 nitrogen and oxygen atoms in total. The van der Waals surface area contributed by atoms with Crippen LogP contribution in [0.3, 0.4) is 0 Å². The second-order valence-corrected chi connectivity index (χ2v) is 7.78. The van der Waals surface area contributed by atoms with Gasteiger partial charge in [0, 0.05) is 12.8 Å². The molecule has 0 saturated carbocycles. The van der Waals surface area contributed by atoms with Crippen LogP contribution in [0, 0.1) is 22.7 Å². The minimum atomic E-state index is 0.562. The molecule has 0 aliphatic heterocycles. The molecule has 0 unspecified atom stereocenters. The van der Waals surface area contributed by atoms with Gasteiger partial charge >= 0.3 is 0 Å². The topological polar surface area (TPSA) is 66.0 Å². The van der Waals surface area contributed by atoms with Crippen LogP contribution in [0.5, 0.6) is 11.5 Å². The molecule has 164 valence electrons. The Labute approximate surface area is 187 Å². The van der Waals surface area contributed by atoms with Crippen molar-refractivity contribution in [3.05, 3.63) is 59.7 Å². The fourth-order valence-electron chi connectivity index (χ4n) is 3.37. The van der Waals surface area contributed by atoms with E-state index in [1.54, 1.807) is 0 Å². The smallest absolute Gasteiger partial charge is 0.119 e. The summed E-state index contributed by atoms with van der Waals surface area (Å²) in [4.78, 5) is 0. The number of rotatable bonds is 16. The summed E-state index contributed by atoms with van der Waals surface area (Å²) in [7, 11) is 0. The lowest BCUT2D eigenvalue weighted by atomic mass is 10.1. The van der Waals surface area contributed by atoms with Crippen molar-refractivity contribution < 1.29 is 9.47 Å². The summed E-state index contributed by atoms with van der Waals surface area (Å²) in [5.41, 5.74) is 2.37. The molecule has 0 amide bonds. The number of hydrogen-bond acceptors (Lipinski definition) is 4. The highest BCUT2D eigenvalue weighted by atomic mass is 16.5. The molecular weight excluding hydrogens is 384 g/mol. The van der Waals surface area contributed by atoms with Crippen LogP contribution in [0.4, 0.5) is 0 Å². The molecule has 2 aromatic rings. The number of aryl methyl sites for hydroxylation is 2. The van der Waals surface area contributed by atoms with E-state index in [2.05, 4.69) is 12.1 Å². The quantitative estimate of drug-likeness (QED) is 0.282. The first-order chi connectivity index (χ1) is 15.3. The Kier molecular flexibility index (Phi) is 12.4. The first-order valence-electron chi connectivity index (χ1n) is 11.5. The van der Waals surface area contributed by atoms with Crippen LogP contribution < -0.4 is 9.47 Å². The molecule has 0 heterocycles. The lowest BCUT2D eigenvalue weighted by Gasteiger charge is -2.08. The van der Waals surface area contributed by atoms with Crippen molar-refractivity contribution >= 4 is 0 Å². The second-order valence-electron chi connectivity index (χ2n) is 7.78. The lowest BCUT2D eigenvalue weighted by molar-refractivity contribution is 0.299. The van der Waals surface area contributed by atoms with E-state index in [1.807, 2.05) is 48.5 Å². The van der Waals surface area contributed by atoms with Crippen molar-refractivity contribution in [3.63, 3.8) is 0 Å². The average Bonchev–Trinajstić information content (AvgIpc) is 2.81. The number of nitrogens with zero attached hydrogens (tertiary/aromatic N) is 2. The van der Waals surface area contributed by atoms with E-state index in [-0.39, 0.29) is 0 Å². The molecule has 0 fully saturated rings. The summed E-state index contributed by atoms with van der Waals surface area (Å²) >= 11 is 0. The maximum Gasteiger partial charge on any atom is 0.119 e. The van der Waals surface area contributed by atoms with Crippen LogP contribution in [0.25, 0.3) is 0 Å². The maximum atomic E-state index is 8.62. The van der Waals surface area contributed by atoms with E-state index >= 15 is 0 Å². The minimum Gasteiger partial charge on any atom is -0.494 e. The van der Waals surface area contributed by atoms with Gasteiger partial charge in [0.05, 0.1) is 25.4 Å². The molecule has 0 radical (unpaired) electrons. The van der Waals surface area contributed by atoms with E-state index in [1.165, 1.54) is 43.2 Å². The average molecular weight is 419 g/mol. The van der Waals surface area contributed by atoms with Gasteiger partial charge in [-0.05, 0) is 61.1 Å². The third-order valence-corrected chi connectivity index (χ3v) is 5.22. The molecule has 0 aliphatic rings. The van der Waals surface area contributed by atoms with E-state index in [4.69, 9.17) is 20.0 Å². The van der Waals surface area contributed by atoms with E-state index < -0.39 is 0 Å². The molecule has 0 saturated heterocycles. The van der Waals surface area contributed by atoms with Gasteiger partial charge in [-0.15, -0.1) is 0 Å². The van der Waals surface area contributed by atoms with Crippen molar-refractivity contribution in [1.82, 2.24) is 0 Å². The van der Waals surface area contributed by atoms with Crippen molar-refractivity contribution in [1.29, 1.82) is 10.5 Å². The number of benzene rings is 2. The molecule has 31 heavy (non-hydrogen) atoms. The van der Waals surface area contributed by atoms with Crippen LogP contribution in [0.15, 0.2) is 48.5 Å². The summed E-state index contributed by atoms with van der Waals surface area (Å²) in [5, 5.41) is 17.2. The van der Waals surface area contributed by atoms with Gasteiger partial charge in [0.2, 0.25) is 0 Å². The number of hydrogen-bond donors (Lipinski definition) is 0. The SMILES string of the molecule is N#CCCc1ccc(OCCCCCCCCCOc2ccc(CCC#N)cc2)cc1. The van der Waals surface area contributed by atoms with Crippen molar-refractivity contribution in [3.8, 4) is 23.6 Å². The molecule has 0 N–H and O–H groups in total. The largest absolute Gasteiger partial charge is 0.494 e. The van der Waals surface area contributed by atoms with E-state index in [0.29, 0.717) is 12.8 Å². The zero-order valence-electron chi connectivity index (χ0n) is 18.5. The molecule has 4 heteroatoms. The highest BCUT2D eigenvalue weighted by molar-refractivity contribution is 5.28. The lowest BCUT2D eigenvalue weighted by Crippen LogP contribution is -1.98. The zero-order chi connectivity index (χ0) is 22.0. The van der Waals surface area contributed by atoms with Crippen LogP contribution in [0.1, 0.15) is 68.9 Å². The molecule has 0 aliphatic carbocycles. The van der Waals surface area contributed by atoms with Crippen LogP contribution in [-0.4, -0.2) is 13.2 Å². The summed E-state index contributed by atoms with van der Waals surface area (Å²) < 4.78 is 11.6. The third kappa shape index (κ3) is 11.1. The van der Waals surface area contributed by atoms with Gasteiger partial charge in [-0.25, -0.2) is 0 Å². The Morgan fingerprint density at radius 3 is 1.23 bits per heavy atom. The van der Waals surface area contributed by atoms with Crippen molar-refractivity contribution in [2.24, 2.45) is 0 Å². The van der Waals surface area contributed by atoms with Gasteiger partial charge in [-0.2, -0.15) is 10.5 Å². The van der Waals surface area contributed by atoms with Gasteiger partial charge in [0.25, 0.3) is 0 Å². The molecular formula is C27H34N2O2. The maximum absolute atomic E-state index is 8.62. The van der Waals surface area contributed by atoms with Crippen LogP contribution >= 0.6 is 0 Å². The summed E-state index contributed by atoms with van der Waals surface area (Å²) in [6.07, 6.45) is 11.1. The predicted molar refractivity (Wildman–Crippen MR) is 124 cm³/mol. The Morgan fingerprint density at radius 2 is 0.871 bits per heavy atom. The van der Waals surface area contributed by atoms with Gasteiger partial charge in [0.1, 0.15) is 11.5 Å². The normalized spacial score (nSPS) is 10.3. The zero-order valence-corrected chi connectivity index (χ0v) is 18.5. The fourth-order valence-corrected chi connectivity index (χ4v) is 3.37. The Bertz CT molecular complexity index is 732. The second kappa shape index (κ2) is 15.8. The summed E-state index contributed by atoms with van der Waals surface area (Å²) in [6.45, 7) is 1.53. The molecule has 0 aromatic heterocycles. The van der Waals surface area contributed by atoms with Gasteiger partial charge in [-0.3, -0.25) is 0 Å². The molecule has 2 rings (SSSR count). The molecule has 0 atom stereocenters. The minimum absolute atomic E-state index is 0.562. The first kappa shape index (κ1) is 24.3. The highest BCUT2D eigenvalue weighted by Gasteiger charge is 1.98. The third-order valence-electron chi connectivity index (χ3n) is 5.22. The first-order valence-corrected chi connectivity index (χ1v) is 11.5. The Morgan fingerprint density at radius 1 is 0.516 bits per heavy atom. The van der Waals surface area contributed by atoms with Gasteiger partial charge < -0.3 is 9.47 Å². The Hall–Kier alpha value is -2.98. The number of ether oxygens (including phenoxy) is 2. The summed E-state index contributed by atoms with van der Waals surface area (Å²) in [6, 6.07) is 20.5. The number of nitriles is 2. The molecule has 0 spiro atoms. The van der Waals surface area contributed by atoms with Crippen molar-refractivity contribution in [2.75, 3.05) is 13.2 Å².